The van der Waals surface area contributed by atoms with E-state index in [0.717, 1.165) is 0 Å². The topological polar surface area (TPSA) is 199 Å². The minimum Gasteiger partial charge on any atom is -0.394 e. The summed E-state index contributed by atoms with van der Waals surface area (Å²) in [6.45, 7) is 0.786. The van der Waals surface area contributed by atoms with Crippen molar-refractivity contribution in [2.45, 2.75) is 38.9 Å². The molecule has 0 aromatic heterocycles. The van der Waals surface area contributed by atoms with Crippen LogP contribution in [0.15, 0.2) is 0 Å². The predicted molar refractivity (Wildman–Crippen MR) is 87.0 cm³/mol. The number of phosphoric acid groups is 3. The molecule has 0 heterocycles. The Kier molecular flexibility index (Phi) is 12.1. The summed E-state index contributed by atoms with van der Waals surface area (Å²) in [7, 11) is -13.9. The highest BCUT2D eigenvalue weighted by molar-refractivity contribution is 7.47. The van der Waals surface area contributed by atoms with E-state index in [2.05, 4.69) is 22.6 Å². The van der Waals surface area contributed by atoms with Crippen LogP contribution in [0.3, 0.4) is 0 Å². The van der Waals surface area contributed by atoms with Crippen LogP contribution in [0.2, 0.25) is 0 Å². The number of hydrogen-bond donors (Lipinski definition) is 5. The lowest BCUT2D eigenvalue weighted by atomic mass is 10.3. The summed E-state index contributed by atoms with van der Waals surface area (Å²) in [5.41, 5.74) is 0. The van der Waals surface area contributed by atoms with Crippen molar-refractivity contribution < 1.29 is 61.0 Å². The lowest BCUT2D eigenvalue weighted by molar-refractivity contribution is 0.0463. The summed E-state index contributed by atoms with van der Waals surface area (Å²) in [6, 6.07) is 0. The van der Waals surface area contributed by atoms with Crippen LogP contribution in [0.5, 0.6) is 0 Å². The highest BCUT2D eigenvalue weighted by atomic mass is 31.2. The van der Waals surface area contributed by atoms with E-state index in [1.165, 1.54) is 6.92 Å². The second kappa shape index (κ2) is 12.0. The number of aliphatic hydroxyl groups is 1. The first-order valence-corrected chi connectivity index (χ1v) is 12.0. The SMILES string of the molecule is CCC(COP(=O)(O)OCCOP(=O)(O)OC(CC)CO)OP(=O)(O)O. The van der Waals surface area contributed by atoms with Gasteiger partial charge in [0, 0.05) is 0 Å². The third-order valence-electron chi connectivity index (χ3n) is 2.70. The molecule has 0 spiro atoms. The van der Waals surface area contributed by atoms with Crippen molar-refractivity contribution in [1.82, 2.24) is 0 Å². The molecule has 26 heavy (non-hydrogen) atoms. The Balaban J connectivity index is 4.26. The summed E-state index contributed by atoms with van der Waals surface area (Å²) in [6.07, 6.45) is -1.70. The van der Waals surface area contributed by atoms with Gasteiger partial charge in [-0.15, -0.1) is 0 Å². The molecule has 0 bridgehead atoms. The molecule has 158 valence electrons. The maximum absolute atomic E-state index is 11.6. The van der Waals surface area contributed by atoms with E-state index in [-0.39, 0.29) is 12.8 Å². The zero-order valence-corrected chi connectivity index (χ0v) is 16.9. The zero-order chi connectivity index (χ0) is 20.4. The molecule has 4 unspecified atom stereocenters. The monoisotopic (exact) mass is 446 g/mol. The van der Waals surface area contributed by atoms with Gasteiger partial charge in [-0.3, -0.25) is 22.6 Å². The molecule has 0 aliphatic rings. The minimum atomic E-state index is -4.79. The lowest BCUT2D eigenvalue weighted by Crippen LogP contribution is -2.18. The van der Waals surface area contributed by atoms with Crippen LogP contribution >= 0.6 is 23.5 Å². The highest BCUT2D eigenvalue weighted by Crippen LogP contribution is 2.47. The molecule has 0 radical (unpaired) electrons. The quantitative estimate of drug-likeness (QED) is 0.176. The smallest absolute Gasteiger partial charge is 0.394 e. The molecule has 0 aromatic rings. The van der Waals surface area contributed by atoms with Crippen LogP contribution in [0, 0.1) is 0 Å². The van der Waals surface area contributed by atoms with Crippen LogP contribution in [-0.2, 0) is 36.3 Å². The van der Waals surface area contributed by atoms with Crippen LogP contribution in [0.1, 0.15) is 26.7 Å². The molecule has 0 amide bonds. The van der Waals surface area contributed by atoms with Crippen LogP contribution in [0.25, 0.3) is 0 Å². The fraction of sp³-hybridized carbons (Fsp3) is 1.00. The van der Waals surface area contributed by atoms with E-state index in [1.807, 2.05) is 0 Å². The van der Waals surface area contributed by atoms with Crippen molar-refractivity contribution in [2.24, 2.45) is 0 Å². The normalized spacial score (nSPS) is 19.5. The van der Waals surface area contributed by atoms with Gasteiger partial charge in [-0.2, -0.15) is 0 Å². The Labute approximate surface area is 150 Å². The largest absolute Gasteiger partial charge is 0.472 e. The molecule has 16 heteroatoms. The summed E-state index contributed by atoms with van der Waals surface area (Å²) in [5, 5.41) is 8.88. The first-order valence-electron chi connectivity index (χ1n) is 7.46. The third-order valence-corrected chi connectivity index (χ3v) is 5.33. The molecule has 0 rings (SSSR count). The molecule has 0 saturated heterocycles. The summed E-state index contributed by atoms with van der Waals surface area (Å²) < 4.78 is 56.4. The van der Waals surface area contributed by atoms with E-state index in [1.54, 1.807) is 6.92 Å². The van der Waals surface area contributed by atoms with E-state index in [9.17, 15) is 23.5 Å². The number of hydrogen-bond acceptors (Lipinski definition) is 9. The van der Waals surface area contributed by atoms with Gasteiger partial charge in [0.25, 0.3) is 0 Å². The van der Waals surface area contributed by atoms with Gasteiger partial charge in [0.05, 0.1) is 38.6 Å². The van der Waals surface area contributed by atoms with E-state index in [4.69, 9.17) is 14.9 Å². The highest BCUT2D eigenvalue weighted by Gasteiger charge is 2.28. The molecule has 0 aliphatic carbocycles. The van der Waals surface area contributed by atoms with Crippen LogP contribution in [-0.4, -0.2) is 63.3 Å². The van der Waals surface area contributed by atoms with Crippen molar-refractivity contribution in [3.8, 4) is 0 Å². The first-order chi connectivity index (χ1) is 11.8. The molecule has 0 aliphatic heterocycles. The summed E-state index contributed by atoms with van der Waals surface area (Å²) >= 11 is 0. The Morgan fingerprint density at radius 2 is 1.27 bits per heavy atom. The molecule has 5 N–H and O–H groups in total. The van der Waals surface area contributed by atoms with E-state index in [0.29, 0.717) is 0 Å². The fourth-order valence-electron chi connectivity index (χ4n) is 1.39. The number of rotatable bonds is 15. The maximum atomic E-state index is 11.6. The fourth-order valence-corrected chi connectivity index (χ4v) is 3.68. The Bertz CT molecular complexity index is 530. The standard InChI is InChI=1S/C10H25O13P3/c1-3-9(7-11)23-26(17,18)20-6-5-19-25(15,16)21-8-10(4-2)22-24(12,13)14/h9-11H,3-8H2,1-2H3,(H,15,16)(H,17,18)(H2,12,13,14). The molecular formula is C10H25O13P3. The number of aliphatic hydroxyl groups excluding tert-OH is 1. The van der Waals surface area contributed by atoms with Crippen molar-refractivity contribution in [3.05, 3.63) is 0 Å². The Morgan fingerprint density at radius 3 is 1.69 bits per heavy atom. The molecule has 4 atom stereocenters. The van der Waals surface area contributed by atoms with Gasteiger partial charge < -0.3 is 24.7 Å². The average molecular weight is 446 g/mol. The van der Waals surface area contributed by atoms with Crippen LogP contribution in [0.4, 0.5) is 0 Å². The summed E-state index contributed by atoms with van der Waals surface area (Å²) in [4.78, 5) is 36.1. The number of phosphoric ester groups is 3. The van der Waals surface area contributed by atoms with Crippen molar-refractivity contribution >= 4 is 23.5 Å². The second-order valence-corrected chi connectivity index (χ2v) is 8.90. The van der Waals surface area contributed by atoms with Gasteiger partial charge in [0.1, 0.15) is 0 Å². The minimum absolute atomic E-state index is 0.0860. The van der Waals surface area contributed by atoms with Gasteiger partial charge in [-0.1, -0.05) is 13.8 Å². The molecular weight excluding hydrogens is 421 g/mol. The van der Waals surface area contributed by atoms with Gasteiger partial charge in [0.2, 0.25) is 0 Å². The van der Waals surface area contributed by atoms with Crippen LogP contribution < -0.4 is 0 Å². The van der Waals surface area contributed by atoms with Gasteiger partial charge in [-0.25, -0.2) is 13.7 Å². The predicted octanol–water partition coefficient (Wildman–Crippen LogP) is 0.912. The second-order valence-electron chi connectivity index (χ2n) is 4.84. The molecule has 13 nitrogen and oxygen atoms in total. The van der Waals surface area contributed by atoms with Gasteiger partial charge in [-0.05, 0) is 12.8 Å². The first kappa shape index (κ1) is 26.3. The molecule has 0 aromatic carbocycles. The average Bonchev–Trinajstić information content (AvgIpc) is 2.52. The maximum Gasteiger partial charge on any atom is 0.472 e. The molecule has 0 fully saturated rings. The lowest BCUT2D eigenvalue weighted by Gasteiger charge is -2.19. The third kappa shape index (κ3) is 13.5. The zero-order valence-electron chi connectivity index (χ0n) is 14.2. The molecule has 0 saturated carbocycles. The Hall–Kier alpha value is 0.290. The van der Waals surface area contributed by atoms with Gasteiger partial charge in [0.15, 0.2) is 0 Å². The van der Waals surface area contributed by atoms with E-state index >= 15 is 0 Å². The van der Waals surface area contributed by atoms with Crippen molar-refractivity contribution in [1.29, 1.82) is 0 Å². The Morgan fingerprint density at radius 1 is 0.769 bits per heavy atom. The van der Waals surface area contributed by atoms with Crippen molar-refractivity contribution in [2.75, 3.05) is 26.4 Å². The van der Waals surface area contributed by atoms with Crippen molar-refractivity contribution in [3.63, 3.8) is 0 Å². The van der Waals surface area contributed by atoms with Gasteiger partial charge >= 0.3 is 23.5 Å². The van der Waals surface area contributed by atoms with E-state index < -0.39 is 62.1 Å². The summed E-state index contributed by atoms with van der Waals surface area (Å²) in [5.74, 6) is 0.